The lowest BCUT2D eigenvalue weighted by Crippen LogP contribution is -2.29. The first kappa shape index (κ1) is 20.8. The summed E-state index contributed by atoms with van der Waals surface area (Å²) in [6.45, 7) is 0. The number of hydrogen-bond acceptors (Lipinski definition) is 12. The van der Waals surface area contributed by atoms with Crippen LogP contribution < -0.4 is 11.5 Å². The number of carbonyl (C=O) groups excluding carboxylic acids is 2. The zero-order valence-corrected chi connectivity index (χ0v) is 16.3. The molecule has 32 heavy (non-hydrogen) atoms. The van der Waals surface area contributed by atoms with Gasteiger partial charge < -0.3 is 18.3 Å². The number of aromatic nitrogens is 4. The molecular formula is C20H16N6O6. The minimum absolute atomic E-state index is 0.169. The van der Waals surface area contributed by atoms with E-state index in [0.29, 0.717) is 11.1 Å². The number of carbonyl (C=O) groups is 2. The highest BCUT2D eigenvalue weighted by Gasteiger charge is 2.28. The molecule has 2 heterocycles. The maximum Gasteiger partial charge on any atom is 0.419 e. The van der Waals surface area contributed by atoms with Crippen LogP contribution in [0.15, 0.2) is 69.5 Å². The molecule has 2 atom stereocenters. The van der Waals surface area contributed by atoms with Gasteiger partial charge in [0, 0.05) is 11.1 Å². The lowest BCUT2D eigenvalue weighted by molar-refractivity contribution is -0.175. The predicted molar refractivity (Wildman–Crippen MR) is 106 cm³/mol. The van der Waals surface area contributed by atoms with E-state index in [0.717, 1.165) is 0 Å². The fourth-order valence-electron chi connectivity index (χ4n) is 2.52. The average Bonchev–Trinajstić information content (AvgIpc) is 3.51. The molecule has 0 radical (unpaired) electrons. The average molecular weight is 436 g/mol. The van der Waals surface area contributed by atoms with Gasteiger partial charge in [-0.15, -0.1) is 20.4 Å². The summed E-state index contributed by atoms with van der Waals surface area (Å²) in [5.74, 6) is -2.92. The van der Waals surface area contributed by atoms with Crippen molar-refractivity contribution < 1.29 is 27.9 Å². The summed E-state index contributed by atoms with van der Waals surface area (Å²) >= 11 is 0. The molecule has 12 heteroatoms. The van der Waals surface area contributed by atoms with Crippen molar-refractivity contribution >= 4 is 11.9 Å². The van der Waals surface area contributed by atoms with Crippen LogP contribution in [0.5, 0.6) is 0 Å². The molecule has 0 saturated heterocycles. The number of hydrogen-bond donors (Lipinski definition) is 2. The van der Waals surface area contributed by atoms with Crippen molar-refractivity contribution in [2.24, 2.45) is 11.5 Å². The van der Waals surface area contributed by atoms with Gasteiger partial charge in [0.1, 0.15) is 0 Å². The Morgan fingerprint density at radius 2 is 1.03 bits per heavy atom. The van der Waals surface area contributed by atoms with Crippen LogP contribution in [-0.4, -0.2) is 32.3 Å². The standard InChI is InChI=1S/C20H16N6O6/c21-13(17-25-23-15(31-17)11-7-3-1-4-8-11)29-19(27)20(28)30-14(22)18-26-24-16(32-18)12-9-5-2-6-10-12/h1-10,13-14H,21-22H2. The van der Waals surface area contributed by atoms with E-state index in [4.69, 9.17) is 29.8 Å². The summed E-state index contributed by atoms with van der Waals surface area (Å²) in [6.07, 6.45) is -2.99. The van der Waals surface area contributed by atoms with Gasteiger partial charge in [-0.2, -0.15) is 0 Å². The molecule has 2 aromatic heterocycles. The zero-order valence-electron chi connectivity index (χ0n) is 16.3. The van der Waals surface area contributed by atoms with E-state index in [2.05, 4.69) is 20.4 Å². The number of nitrogens with two attached hydrogens (primary N) is 2. The molecule has 0 bridgehead atoms. The second-order valence-corrected chi connectivity index (χ2v) is 6.27. The highest BCUT2D eigenvalue weighted by Crippen LogP contribution is 2.21. The lowest BCUT2D eigenvalue weighted by atomic mass is 10.2. The maximum absolute atomic E-state index is 12.0. The Balaban J connectivity index is 1.34. The minimum Gasteiger partial charge on any atom is -0.429 e. The molecule has 2 aromatic carbocycles. The van der Waals surface area contributed by atoms with Crippen LogP contribution in [0.3, 0.4) is 0 Å². The fourth-order valence-corrected chi connectivity index (χ4v) is 2.52. The van der Waals surface area contributed by atoms with E-state index in [-0.39, 0.29) is 23.6 Å². The largest absolute Gasteiger partial charge is 0.429 e. The Morgan fingerprint density at radius 3 is 1.41 bits per heavy atom. The molecule has 0 spiro atoms. The van der Waals surface area contributed by atoms with Crippen LogP contribution in [0.25, 0.3) is 22.9 Å². The predicted octanol–water partition coefficient (Wildman–Crippen LogP) is 1.49. The molecule has 0 aliphatic carbocycles. The van der Waals surface area contributed by atoms with Crippen molar-refractivity contribution in [1.29, 1.82) is 0 Å². The quantitative estimate of drug-likeness (QED) is 0.253. The summed E-state index contributed by atoms with van der Waals surface area (Å²) in [5.41, 5.74) is 12.7. The van der Waals surface area contributed by atoms with Crippen LogP contribution in [0.2, 0.25) is 0 Å². The second-order valence-electron chi connectivity index (χ2n) is 6.27. The third-order valence-corrected chi connectivity index (χ3v) is 4.04. The molecule has 0 aliphatic rings. The zero-order chi connectivity index (χ0) is 22.5. The Kier molecular flexibility index (Phi) is 5.96. The van der Waals surface area contributed by atoms with Gasteiger partial charge in [0.2, 0.25) is 24.2 Å². The van der Waals surface area contributed by atoms with Crippen LogP contribution in [0.1, 0.15) is 24.2 Å². The van der Waals surface area contributed by atoms with Gasteiger partial charge in [-0.05, 0) is 24.3 Å². The van der Waals surface area contributed by atoms with Crippen molar-refractivity contribution in [3.8, 4) is 22.9 Å². The van der Waals surface area contributed by atoms with E-state index in [9.17, 15) is 9.59 Å². The van der Waals surface area contributed by atoms with Gasteiger partial charge in [0.25, 0.3) is 11.8 Å². The molecule has 2 unspecified atom stereocenters. The van der Waals surface area contributed by atoms with Crippen molar-refractivity contribution in [2.75, 3.05) is 0 Å². The van der Waals surface area contributed by atoms with Crippen molar-refractivity contribution in [3.05, 3.63) is 72.4 Å². The molecule has 12 nitrogen and oxygen atoms in total. The first-order chi connectivity index (χ1) is 15.5. The SMILES string of the molecule is NC(OC(=O)C(=O)OC(N)c1nnc(-c2ccccc2)o1)c1nnc(-c2ccccc2)o1. The molecule has 162 valence electrons. The first-order valence-corrected chi connectivity index (χ1v) is 9.21. The van der Waals surface area contributed by atoms with E-state index in [1.165, 1.54) is 0 Å². The maximum atomic E-state index is 12.0. The summed E-state index contributed by atoms with van der Waals surface area (Å²) < 4.78 is 20.4. The Labute approximate surface area is 180 Å². The number of ether oxygens (including phenoxy) is 2. The molecule has 0 aliphatic heterocycles. The number of rotatable bonds is 6. The van der Waals surface area contributed by atoms with Gasteiger partial charge in [-0.1, -0.05) is 36.4 Å². The smallest absolute Gasteiger partial charge is 0.419 e. The molecule has 0 saturated carbocycles. The van der Waals surface area contributed by atoms with E-state index in [1.54, 1.807) is 48.5 Å². The van der Waals surface area contributed by atoms with Gasteiger partial charge in [0.05, 0.1) is 0 Å². The third-order valence-electron chi connectivity index (χ3n) is 4.04. The number of benzene rings is 2. The summed E-state index contributed by atoms with van der Waals surface area (Å²) in [7, 11) is 0. The van der Waals surface area contributed by atoms with Crippen LogP contribution in [0.4, 0.5) is 0 Å². The van der Waals surface area contributed by atoms with Crippen molar-refractivity contribution in [2.45, 2.75) is 12.5 Å². The highest BCUT2D eigenvalue weighted by molar-refractivity contribution is 6.29. The van der Waals surface area contributed by atoms with E-state index < -0.39 is 24.4 Å². The Bertz CT molecular complexity index is 1110. The van der Waals surface area contributed by atoms with Gasteiger partial charge in [0.15, 0.2) is 0 Å². The molecule has 0 amide bonds. The Hall–Kier alpha value is -4.42. The highest BCUT2D eigenvalue weighted by atomic mass is 16.6. The van der Waals surface area contributed by atoms with E-state index >= 15 is 0 Å². The third kappa shape index (κ3) is 4.66. The van der Waals surface area contributed by atoms with Crippen LogP contribution >= 0.6 is 0 Å². The van der Waals surface area contributed by atoms with Crippen LogP contribution in [0, 0.1) is 0 Å². The van der Waals surface area contributed by atoms with Gasteiger partial charge in [-0.3, -0.25) is 11.5 Å². The number of nitrogens with zero attached hydrogens (tertiary/aromatic N) is 4. The lowest BCUT2D eigenvalue weighted by Gasteiger charge is -2.11. The second kappa shape index (κ2) is 9.16. The monoisotopic (exact) mass is 436 g/mol. The van der Waals surface area contributed by atoms with Gasteiger partial charge >= 0.3 is 11.9 Å². The molecule has 0 fully saturated rings. The summed E-state index contributed by atoms with van der Waals surface area (Å²) in [5, 5.41) is 15.1. The number of esters is 2. The molecule has 4 aromatic rings. The fraction of sp³-hybridized carbons (Fsp3) is 0.100. The normalized spacial score (nSPS) is 12.7. The molecule has 4 rings (SSSR count). The topological polar surface area (TPSA) is 182 Å². The summed E-state index contributed by atoms with van der Waals surface area (Å²) in [4.78, 5) is 24.0. The van der Waals surface area contributed by atoms with Crippen molar-refractivity contribution in [1.82, 2.24) is 20.4 Å². The minimum atomic E-state index is -1.50. The van der Waals surface area contributed by atoms with Gasteiger partial charge in [-0.25, -0.2) is 9.59 Å². The molecular weight excluding hydrogens is 420 g/mol. The van der Waals surface area contributed by atoms with Crippen LogP contribution in [-0.2, 0) is 19.1 Å². The first-order valence-electron chi connectivity index (χ1n) is 9.21. The van der Waals surface area contributed by atoms with E-state index in [1.807, 2.05) is 12.1 Å². The Morgan fingerprint density at radius 1 is 0.656 bits per heavy atom. The summed E-state index contributed by atoms with van der Waals surface area (Å²) in [6, 6.07) is 17.7. The molecule has 4 N–H and O–H groups in total. The van der Waals surface area contributed by atoms with Crippen molar-refractivity contribution in [3.63, 3.8) is 0 Å².